The first-order chi connectivity index (χ1) is 10.5. The minimum absolute atomic E-state index is 0. The number of thioether (sulfide) groups is 1. The average Bonchev–Trinajstić information content (AvgIpc) is 2.50. The van der Waals surface area contributed by atoms with Gasteiger partial charge in [0.1, 0.15) is 0 Å². The van der Waals surface area contributed by atoms with Crippen molar-refractivity contribution in [3.05, 3.63) is 35.4 Å². The van der Waals surface area contributed by atoms with Gasteiger partial charge in [-0.3, -0.25) is 4.79 Å². The largest absolute Gasteiger partial charge is 0.356 e. The molecule has 23 heavy (non-hydrogen) atoms. The zero-order valence-electron chi connectivity index (χ0n) is 14.3. The van der Waals surface area contributed by atoms with Gasteiger partial charge in [-0.05, 0) is 24.3 Å². The third kappa shape index (κ3) is 9.04. The van der Waals surface area contributed by atoms with Crippen molar-refractivity contribution in [2.75, 3.05) is 39.2 Å². The number of likely N-dealkylation sites (N-methyl/N-ethyl adjacent to an activating group) is 1. The van der Waals surface area contributed by atoms with Crippen molar-refractivity contribution in [3.8, 4) is 0 Å². The first-order valence-corrected chi connectivity index (χ1v) is 8.69. The smallest absolute Gasteiger partial charge is 0.241 e. The Hall–Kier alpha value is -0.960. The zero-order chi connectivity index (χ0) is 16.4. The fourth-order valence-corrected chi connectivity index (χ4v) is 2.02. The molecule has 0 aliphatic rings. The van der Waals surface area contributed by atoms with Gasteiger partial charge in [-0.15, -0.1) is 24.0 Å². The van der Waals surface area contributed by atoms with Crippen LogP contribution >= 0.6 is 35.7 Å². The summed E-state index contributed by atoms with van der Waals surface area (Å²) in [7, 11) is 3.49. The van der Waals surface area contributed by atoms with Crippen LogP contribution < -0.4 is 10.6 Å². The molecule has 0 radical (unpaired) electrons. The fraction of sp³-hybridized carbons (Fsp3) is 0.500. The van der Waals surface area contributed by atoms with Crippen LogP contribution in [0.5, 0.6) is 0 Å². The number of rotatable bonds is 7. The molecule has 1 rings (SSSR count). The number of carbonyl (C=O) groups excluding carboxylic acids is 1. The number of guanidine groups is 1. The fourth-order valence-electron chi connectivity index (χ4n) is 1.71. The minimum Gasteiger partial charge on any atom is -0.356 e. The first-order valence-electron chi connectivity index (χ1n) is 7.30. The normalized spacial score (nSPS) is 10.7. The maximum Gasteiger partial charge on any atom is 0.241 e. The van der Waals surface area contributed by atoms with Crippen LogP contribution in [-0.2, 0) is 11.3 Å². The summed E-state index contributed by atoms with van der Waals surface area (Å²) in [6.45, 7) is 3.73. The Bertz CT molecular complexity index is 509. The summed E-state index contributed by atoms with van der Waals surface area (Å²) in [6.07, 6.45) is 2.06. The second kappa shape index (κ2) is 12.5. The Kier molecular flexibility index (Phi) is 11.9. The summed E-state index contributed by atoms with van der Waals surface area (Å²) in [5.41, 5.74) is 2.41. The molecule has 0 heterocycles. The highest BCUT2D eigenvalue weighted by Crippen LogP contribution is 2.07. The third-order valence-corrected chi connectivity index (χ3v) is 3.79. The van der Waals surface area contributed by atoms with Crippen molar-refractivity contribution in [2.24, 2.45) is 4.99 Å². The number of hydrogen-bond donors (Lipinski definition) is 2. The lowest BCUT2D eigenvalue weighted by Crippen LogP contribution is -2.43. The number of carbonyl (C=O) groups is 1. The molecule has 1 aromatic carbocycles. The summed E-state index contributed by atoms with van der Waals surface area (Å²) in [6, 6.07) is 8.19. The van der Waals surface area contributed by atoms with Gasteiger partial charge < -0.3 is 15.5 Å². The molecule has 0 bridgehead atoms. The maximum atomic E-state index is 11.7. The zero-order valence-corrected chi connectivity index (χ0v) is 17.4. The van der Waals surface area contributed by atoms with Gasteiger partial charge in [0.2, 0.25) is 5.91 Å². The van der Waals surface area contributed by atoms with Crippen molar-refractivity contribution in [1.82, 2.24) is 15.5 Å². The second-order valence-corrected chi connectivity index (χ2v) is 6.14. The van der Waals surface area contributed by atoms with E-state index in [1.807, 2.05) is 12.1 Å². The molecule has 0 atom stereocenters. The molecule has 0 spiro atoms. The van der Waals surface area contributed by atoms with Crippen molar-refractivity contribution in [2.45, 2.75) is 13.5 Å². The Balaban J connectivity index is 0.00000484. The molecule has 2 N–H and O–H groups in total. The van der Waals surface area contributed by atoms with E-state index in [4.69, 9.17) is 0 Å². The maximum absolute atomic E-state index is 11.7. The second-order valence-electron chi connectivity index (χ2n) is 5.15. The Morgan fingerprint density at radius 3 is 2.57 bits per heavy atom. The van der Waals surface area contributed by atoms with Crippen LogP contribution in [0.15, 0.2) is 29.3 Å². The van der Waals surface area contributed by atoms with E-state index in [-0.39, 0.29) is 36.4 Å². The molecule has 1 amide bonds. The van der Waals surface area contributed by atoms with Crippen molar-refractivity contribution in [1.29, 1.82) is 0 Å². The van der Waals surface area contributed by atoms with E-state index in [1.54, 1.807) is 30.8 Å². The molecule has 0 aliphatic carbocycles. The van der Waals surface area contributed by atoms with Gasteiger partial charge in [-0.2, -0.15) is 11.8 Å². The molecule has 7 heteroatoms. The quantitative estimate of drug-likeness (QED) is 0.289. The topological polar surface area (TPSA) is 56.7 Å². The van der Waals surface area contributed by atoms with Gasteiger partial charge in [0.25, 0.3) is 0 Å². The molecule has 0 aliphatic heterocycles. The Labute approximate surface area is 160 Å². The summed E-state index contributed by atoms with van der Waals surface area (Å²) >= 11 is 1.77. The summed E-state index contributed by atoms with van der Waals surface area (Å²) < 4.78 is 0. The number of halogens is 1. The van der Waals surface area contributed by atoms with Gasteiger partial charge in [0.15, 0.2) is 5.96 Å². The SMILES string of the molecule is CSCCNC(=NCc1ccccc1C)NCC(=O)N(C)C.I. The molecule has 0 unspecified atom stereocenters. The van der Waals surface area contributed by atoms with Gasteiger partial charge in [-0.25, -0.2) is 4.99 Å². The van der Waals surface area contributed by atoms with Crippen LogP contribution in [0.2, 0.25) is 0 Å². The molecule has 1 aromatic rings. The van der Waals surface area contributed by atoms with E-state index in [2.05, 4.69) is 40.9 Å². The molecule has 5 nitrogen and oxygen atoms in total. The van der Waals surface area contributed by atoms with Crippen LogP contribution in [0.4, 0.5) is 0 Å². The Morgan fingerprint density at radius 2 is 1.96 bits per heavy atom. The highest BCUT2D eigenvalue weighted by Gasteiger charge is 2.06. The van der Waals surface area contributed by atoms with Gasteiger partial charge in [-0.1, -0.05) is 24.3 Å². The number of aryl methyl sites for hydroxylation is 1. The van der Waals surface area contributed by atoms with Gasteiger partial charge >= 0.3 is 0 Å². The van der Waals surface area contributed by atoms with E-state index >= 15 is 0 Å². The summed E-state index contributed by atoms with van der Waals surface area (Å²) in [4.78, 5) is 17.8. The molecule has 0 aromatic heterocycles. The van der Waals surface area contributed by atoms with Crippen LogP contribution in [0, 0.1) is 6.92 Å². The number of nitrogens with zero attached hydrogens (tertiary/aromatic N) is 2. The summed E-state index contributed by atoms with van der Waals surface area (Å²) in [5.74, 6) is 1.69. The Morgan fingerprint density at radius 1 is 1.26 bits per heavy atom. The van der Waals surface area contributed by atoms with Crippen LogP contribution in [0.3, 0.4) is 0 Å². The standard InChI is InChI=1S/C16H26N4OS.HI/c1-13-7-5-6-8-14(13)11-18-16(17-9-10-22-4)19-12-15(21)20(2)3;/h5-8H,9-12H2,1-4H3,(H2,17,18,19);1H. The van der Waals surface area contributed by atoms with Crippen LogP contribution in [-0.4, -0.2) is 56.0 Å². The monoisotopic (exact) mass is 450 g/mol. The number of amides is 1. The number of nitrogens with one attached hydrogen (secondary N) is 2. The van der Waals surface area contributed by atoms with Gasteiger partial charge in [0.05, 0.1) is 13.1 Å². The van der Waals surface area contributed by atoms with E-state index < -0.39 is 0 Å². The summed E-state index contributed by atoms with van der Waals surface area (Å²) in [5, 5.41) is 6.34. The lowest BCUT2D eigenvalue weighted by Gasteiger charge is -2.15. The molecule has 0 saturated heterocycles. The van der Waals surface area contributed by atoms with Crippen molar-refractivity contribution >= 4 is 47.6 Å². The first kappa shape index (κ1) is 22.0. The highest BCUT2D eigenvalue weighted by atomic mass is 127. The predicted octanol–water partition coefficient (Wildman–Crippen LogP) is 2.10. The van der Waals surface area contributed by atoms with E-state index in [0.29, 0.717) is 12.5 Å². The lowest BCUT2D eigenvalue weighted by molar-refractivity contribution is -0.127. The van der Waals surface area contributed by atoms with E-state index in [9.17, 15) is 4.79 Å². The average molecular weight is 450 g/mol. The van der Waals surface area contributed by atoms with E-state index in [0.717, 1.165) is 12.3 Å². The van der Waals surface area contributed by atoms with Gasteiger partial charge in [0, 0.05) is 26.4 Å². The molecular formula is C16H27IN4OS. The van der Waals surface area contributed by atoms with E-state index in [1.165, 1.54) is 11.1 Å². The lowest BCUT2D eigenvalue weighted by atomic mass is 10.1. The number of hydrogen-bond acceptors (Lipinski definition) is 3. The molecule has 0 saturated carbocycles. The third-order valence-electron chi connectivity index (χ3n) is 3.17. The molecular weight excluding hydrogens is 423 g/mol. The highest BCUT2D eigenvalue weighted by molar-refractivity contribution is 14.0. The molecule has 0 fully saturated rings. The van der Waals surface area contributed by atoms with Crippen LogP contribution in [0.1, 0.15) is 11.1 Å². The number of benzene rings is 1. The van der Waals surface area contributed by atoms with Crippen LogP contribution in [0.25, 0.3) is 0 Å². The van der Waals surface area contributed by atoms with Crippen molar-refractivity contribution < 1.29 is 4.79 Å². The molecule has 130 valence electrons. The minimum atomic E-state index is 0. The predicted molar refractivity (Wildman–Crippen MR) is 111 cm³/mol. The van der Waals surface area contributed by atoms with Crippen molar-refractivity contribution in [3.63, 3.8) is 0 Å². The number of aliphatic imine (C=N–C) groups is 1.